The van der Waals surface area contributed by atoms with Gasteiger partial charge in [0.15, 0.2) is 0 Å². The minimum atomic E-state index is -0.287. The topological polar surface area (TPSA) is 29.1 Å². The number of nitrogens with one attached hydrogen (secondary N) is 1. The molecule has 0 aliphatic carbocycles. The van der Waals surface area contributed by atoms with Gasteiger partial charge in [0.05, 0.1) is 6.04 Å². The zero-order chi connectivity index (χ0) is 16.1. The molecule has 114 valence electrons. The molecule has 0 fully saturated rings. The van der Waals surface area contributed by atoms with Gasteiger partial charge in [-0.3, -0.25) is 4.79 Å². The average Bonchev–Trinajstić information content (AvgIpc) is 2.49. The molecule has 2 aromatic carbocycles. The molecule has 0 bridgehead atoms. The zero-order valence-corrected chi connectivity index (χ0v) is 13.1. The lowest BCUT2D eigenvalue weighted by Crippen LogP contribution is -2.25. The van der Waals surface area contributed by atoms with Crippen molar-refractivity contribution >= 4 is 12.0 Å². The predicted molar refractivity (Wildman–Crippen MR) is 87.9 cm³/mol. The highest BCUT2D eigenvalue weighted by molar-refractivity contribution is 5.92. The molecular weight excluding hydrogens is 277 g/mol. The lowest BCUT2D eigenvalue weighted by molar-refractivity contribution is -0.117. The maximum atomic E-state index is 12.8. The number of hydrogen-bond acceptors (Lipinski definition) is 1. The van der Waals surface area contributed by atoms with E-state index < -0.39 is 0 Å². The Morgan fingerprint density at radius 1 is 1.14 bits per heavy atom. The molecule has 3 heteroatoms. The van der Waals surface area contributed by atoms with Crippen molar-refractivity contribution in [2.75, 3.05) is 0 Å². The largest absolute Gasteiger partial charge is 0.346 e. The summed E-state index contributed by atoms with van der Waals surface area (Å²) in [6, 6.07) is 12.1. The van der Waals surface area contributed by atoms with Crippen LogP contribution in [0.5, 0.6) is 0 Å². The van der Waals surface area contributed by atoms with Crippen molar-refractivity contribution in [1.82, 2.24) is 5.32 Å². The molecule has 0 aliphatic rings. The number of hydrogen-bond donors (Lipinski definition) is 1. The second-order valence-corrected chi connectivity index (χ2v) is 5.48. The molecule has 0 saturated heterocycles. The van der Waals surface area contributed by atoms with Gasteiger partial charge in [-0.2, -0.15) is 0 Å². The summed E-state index contributed by atoms with van der Waals surface area (Å²) in [4.78, 5) is 12.0. The lowest BCUT2D eigenvalue weighted by Gasteiger charge is -2.16. The summed E-state index contributed by atoms with van der Waals surface area (Å²) in [5, 5.41) is 2.95. The first-order chi connectivity index (χ1) is 10.5. The molecule has 0 heterocycles. The van der Waals surface area contributed by atoms with Crippen LogP contribution in [0, 0.1) is 19.7 Å². The van der Waals surface area contributed by atoms with Crippen LogP contribution in [0.1, 0.15) is 35.2 Å². The summed E-state index contributed by atoms with van der Waals surface area (Å²) in [6.07, 6.45) is 3.14. The number of carbonyl (C=O) groups excluding carboxylic acids is 1. The van der Waals surface area contributed by atoms with Crippen LogP contribution in [-0.4, -0.2) is 5.91 Å². The van der Waals surface area contributed by atoms with Crippen molar-refractivity contribution in [3.05, 3.63) is 76.6 Å². The number of amides is 1. The van der Waals surface area contributed by atoms with E-state index in [1.807, 2.05) is 20.8 Å². The second kappa shape index (κ2) is 7.03. The number of carbonyl (C=O) groups is 1. The monoisotopic (exact) mass is 297 g/mol. The van der Waals surface area contributed by atoms with Crippen LogP contribution in [0.3, 0.4) is 0 Å². The number of benzene rings is 2. The van der Waals surface area contributed by atoms with Gasteiger partial charge < -0.3 is 5.32 Å². The average molecular weight is 297 g/mol. The van der Waals surface area contributed by atoms with Crippen molar-refractivity contribution in [1.29, 1.82) is 0 Å². The molecule has 1 amide bonds. The van der Waals surface area contributed by atoms with Crippen molar-refractivity contribution < 1.29 is 9.18 Å². The van der Waals surface area contributed by atoms with Crippen molar-refractivity contribution in [2.24, 2.45) is 0 Å². The Morgan fingerprint density at radius 3 is 2.50 bits per heavy atom. The highest BCUT2D eigenvalue weighted by atomic mass is 19.1. The lowest BCUT2D eigenvalue weighted by atomic mass is 10.00. The minimum absolute atomic E-state index is 0.0646. The Morgan fingerprint density at radius 2 is 1.82 bits per heavy atom. The van der Waals surface area contributed by atoms with Gasteiger partial charge in [-0.25, -0.2) is 4.39 Å². The van der Waals surface area contributed by atoms with Crippen LogP contribution in [0.4, 0.5) is 4.39 Å². The molecule has 1 unspecified atom stereocenters. The molecule has 2 aromatic rings. The SMILES string of the molecule is Cc1ccc(C)c(C(C)NC(=O)/C=C/c2ccc(F)cc2)c1. The van der Waals surface area contributed by atoms with E-state index in [1.165, 1.54) is 23.8 Å². The Labute approximate surface area is 130 Å². The van der Waals surface area contributed by atoms with Crippen molar-refractivity contribution in [3.8, 4) is 0 Å². The van der Waals surface area contributed by atoms with Crippen LogP contribution >= 0.6 is 0 Å². The standard InChI is InChI=1S/C19H20FNO/c1-13-4-5-14(2)18(12-13)15(3)21-19(22)11-8-16-6-9-17(20)10-7-16/h4-12,15H,1-3H3,(H,21,22)/b11-8+. The molecule has 1 atom stereocenters. The zero-order valence-electron chi connectivity index (χ0n) is 13.1. The predicted octanol–water partition coefficient (Wildman–Crippen LogP) is 4.33. The van der Waals surface area contributed by atoms with Crippen LogP contribution < -0.4 is 5.32 Å². The second-order valence-electron chi connectivity index (χ2n) is 5.48. The first-order valence-electron chi connectivity index (χ1n) is 7.27. The van der Waals surface area contributed by atoms with E-state index in [-0.39, 0.29) is 17.8 Å². The van der Waals surface area contributed by atoms with Gasteiger partial charge in [0.25, 0.3) is 0 Å². The number of halogens is 1. The fraction of sp³-hybridized carbons (Fsp3) is 0.211. The van der Waals surface area contributed by atoms with Gasteiger partial charge in [-0.15, -0.1) is 0 Å². The summed E-state index contributed by atoms with van der Waals surface area (Å²) >= 11 is 0. The third kappa shape index (κ3) is 4.29. The summed E-state index contributed by atoms with van der Waals surface area (Å²) in [7, 11) is 0. The third-order valence-corrected chi connectivity index (χ3v) is 3.56. The van der Waals surface area contributed by atoms with Gasteiger partial charge in [0.2, 0.25) is 5.91 Å². The molecule has 0 saturated carbocycles. The molecule has 1 N–H and O–H groups in total. The molecule has 2 rings (SSSR count). The normalized spacial score (nSPS) is 12.4. The fourth-order valence-corrected chi connectivity index (χ4v) is 2.31. The van der Waals surface area contributed by atoms with Crippen molar-refractivity contribution in [3.63, 3.8) is 0 Å². The summed E-state index contributed by atoms with van der Waals surface area (Å²) in [5.74, 6) is -0.456. The molecule has 0 radical (unpaired) electrons. The summed E-state index contributed by atoms with van der Waals surface area (Å²) < 4.78 is 12.8. The van der Waals surface area contributed by atoms with Gasteiger partial charge >= 0.3 is 0 Å². The van der Waals surface area contributed by atoms with Crippen LogP contribution in [0.25, 0.3) is 6.08 Å². The Hall–Kier alpha value is -2.42. The maximum absolute atomic E-state index is 12.8. The highest BCUT2D eigenvalue weighted by Crippen LogP contribution is 2.18. The van der Waals surface area contributed by atoms with Crippen LogP contribution in [0.2, 0.25) is 0 Å². The minimum Gasteiger partial charge on any atom is -0.346 e. The van der Waals surface area contributed by atoms with Gasteiger partial charge in [0.1, 0.15) is 5.82 Å². The van der Waals surface area contributed by atoms with E-state index in [2.05, 4.69) is 23.5 Å². The number of rotatable bonds is 4. The van der Waals surface area contributed by atoms with E-state index in [9.17, 15) is 9.18 Å². The highest BCUT2D eigenvalue weighted by Gasteiger charge is 2.10. The fourth-order valence-electron chi connectivity index (χ4n) is 2.31. The Kier molecular flexibility index (Phi) is 5.10. The molecule has 2 nitrogen and oxygen atoms in total. The molecular formula is C19H20FNO. The Balaban J connectivity index is 2.02. The van der Waals surface area contributed by atoms with Gasteiger partial charge in [-0.1, -0.05) is 35.9 Å². The molecule has 0 aliphatic heterocycles. The van der Waals surface area contributed by atoms with Gasteiger partial charge in [-0.05, 0) is 55.7 Å². The van der Waals surface area contributed by atoms with E-state index in [1.54, 1.807) is 18.2 Å². The first kappa shape index (κ1) is 16.0. The van der Waals surface area contributed by atoms with E-state index in [0.29, 0.717) is 0 Å². The molecule has 0 aromatic heterocycles. The summed E-state index contributed by atoms with van der Waals surface area (Å²) in [6.45, 7) is 6.03. The maximum Gasteiger partial charge on any atom is 0.244 e. The van der Waals surface area contributed by atoms with E-state index in [0.717, 1.165) is 16.7 Å². The smallest absolute Gasteiger partial charge is 0.244 e. The van der Waals surface area contributed by atoms with E-state index in [4.69, 9.17) is 0 Å². The quantitative estimate of drug-likeness (QED) is 0.836. The third-order valence-electron chi connectivity index (χ3n) is 3.56. The summed E-state index contributed by atoms with van der Waals surface area (Å²) in [5.41, 5.74) is 4.23. The van der Waals surface area contributed by atoms with E-state index >= 15 is 0 Å². The Bertz CT molecular complexity index is 689. The first-order valence-corrected chi connectivity index (χ1v) is 7.27. The van der Waals surface area contributed by atoms with Gasteiger partial charge in [0, 0.05) is 6.08 Å². The molecule has 22 heavy (non-hydrogen) atoms. The molecule has 0 spiro atoms. The van der Waals surface area contributed by atoms with Crippen LogP contribution in [-0.2, 0) is 4.79 Å². The number of aryl methyl sites for hydroxylation is 2. The van der Waals surface area contributed by atoms with Crippen LogP contribution in [0.15, 0.2) is 48.5 Å². The van der Waals surface area contributed by atoms with Crippen molar-refractivity contribution in [2.45, 2.75) is 26.8 Å².